The van der Waals surface area contributed by atoms with Crippen molar-refractivity contribution in [2.45, 2.75) is 38.0 Å². The van der Waals surface area contributed by atoms with Gasteiger partial charge in [-0.05, 0) is 26.0 Å². The van der Waals surface area contributed by atoms with Gasteiger partial charge in [-0.25, -0.2) is 4.39 Å². The number of benzene rings is 1. The Morgan fingerprint density at radius 1 is 1.42 bits per heavy atom. The van der Waals surface area contributed by atoms with E-state index in [-0.39, 0.29) is 37.9 Å². The minimum absolute atomic E-state index is 0.0418. The first-order chi connectivity index (χ1) is 12.2. The third-order valence-electron chi connectivity index (χ3n) is 4.25. The molecule has 1 aromatic rings. The molecule has 2 amide bonds. The lowest BCUT2D eigenvalue weighted by atomic mass is 10.1. The number of hydrogen-bond donors (Lipinski definition) is 2. The smallest absolute Gasteiger partial charge is 0.252 e. The molecule has 8 heteroatoms. The molecule has 2 N–H and O–H groups in total. The third-order valence-corrected chi connectivity index (χ3v) is 4.58. The van der Waals surface area contributed by atoms with Crippen LogP contribution in [0.2, 0.25) is 5.02 Å². The van der Waals surface area contributed by atoms with E-state index in [2.05, 4.69) is 10.6 Å². The molecule has 1 fully saturated rings. The van der Waals surface area contributed by atoms with Gasteiger partial charge in [0.2, 0.25) is 5.91 Å². The van der Waals surface area contributed by atoms with Crippen LogP contribution in [-0.4, -0.2) is 54.1 Å². The molecule has 0 aromatic heterocycles. The van der Waals surface area contributed by atoms with E-state index in [1.165, 1.54) is 4.90 Å². The average molecular weight is 381 g/mol. The number of nitrogens with zero attached hydrogens (tertiary/aromatic N) is 2. The van der Waals surface area contributed by atoms with Gasteiger partial charge < -0.3 is 15.5 Å². The minimum Gasteiger partial charge on any atom is -0.350 e. The van der Waals surface area contributed by atoms with Gasteiger partial charge in [0.05, 0.1) is 29.7 Å². The number of carbonyl (C=O) groups excluding carboxylic acids is 2. The summed E-state index contributed by atoms with van der Waals surface area (Å²) in [6.07, 6.45) is -1.11. The lowest BCUT2D eigenvalue weighted by Crippen LogP contribution is -2.52. The normalized spacial score (nSPS) is 19.9. The van der Waals surface area contributed by atoms with Crippen molar-refractivity contribution in [1.29, 1.82) is 5.26 Å². The highest BCUT2D eigenvalue weighted by Crippen LogP contribution is 2.20. The zero-order valence-electron chi connectivity index (χ0n) is 14.8. The zero-order chi connectivity index (χ0) is 19.3. The van der Waals surface area contributed by atoms with E-state index < -0.39 is 17.8 Å². The van der Waals surface area contributed by atoms with E-state index in [4.69, 9.17) is 16.9 Å². The first-order valence-electron chi connectivity index (χ1n) is 8.34. The number of carbonyl (C=O) groups is 2. The van der Waals surface area contributed by atoms with Crippen LogP contribution in [-0.2, 0) is 4.79 Å². The van der Waals surface area contributed by atoms with E-state index in [1.54, 1.807) is 24.3 Å². The maximum atomic E-state index is 13.4. The second kappa shape index (κ2) is 8.47. The summed E-state index contributed by atoms with van der Waals surface area (Å²) in [5.41, 5.74) is -0.201. The number of alkyl halides is 1. The number of rotatable bonds is 6. The molecular weight excluding hydrogens is 359 g/mol. The molecular formula is C18H22ClFN4O2. The van der Waals surface area contributed by atoms with Crippen molar-refractivity contribution in [1.82, 2.24) is 15.5 Å². The molecule has 0 aliphatic carbocycles. The molecule has 0 bridgehead atoms. The topological polar surface area (TPSA) is 85.2 Å². The van der Waals surface area contributed by atoms with Gasteiger partial charge in [0.15, 0.2) is 0 Å². The summed E-state index contributed by atoms with van der Waals surface area (Å²) < 4.78 is 13.4. The summed E-state index contributed by atoms with van der Waals surface area (Å²) in [5.74, 6) is -0.636. The van der Waals surface area contributed by atoms with Gasteiger partial charge in [0.25, 0.3) is 5.91 Å². The quantitative estimate of drug-likeness (QED) is 0.789. The monoisotopic (exact) mass is 380 g/mol. The number of amides is 2. The fraction of sp³-hybridized carbons (Fsp3) is 0.500. The second-order valence-corrected chi connectivity index (χ2v) is 7.33. The van der Waals surface area contributed by atoms with E-state index in [0.29, 0.717) is 10.6 Å². The van der Waals surface area contributed by atoms with Crippen molar-refractivity contribution < 1.29 is 14.0 Å². The SMILES string of the molecule is CC(C)(CNC(=O)c1ccccc1Cl)NCC(=O)N1C[C@@H](F)C[C@H]1C#N. The number of nitriles is 1. The largest absolute Gasteiger partial charge is 0.350 e. The molecule has 1 aliphatic heterocycles. The summed E-state index contributed by atoms with van der Waals surface area (Å²) in [4.78, 5) is 25.7. The zero-order valence-corrected chi connectivity index (χ0v) is 15.5. The van der Waals surface area contributed by atoms with Gasteiger partial charge in [-0.1, -0.05) is 23.7 Å². The standard InChI is InChI=1S/C18H22ClFN4O2/c1-18(2,11-22-17(26)14-5-3-4-6-15(14)19)23-9-16(25)24-10-12(20)7-13(24)8-21/h3-6,12-13,23H,7,9-11H2,1-2H3,(H,22,26)/t12-,13-/m0/s1. The first-order valence-corrected chi connectivity index (χ1v) is 8.72. The Morgan fingerprint density at radius 3 is 2.77 bits per heavy atom. The molecule has 6 nitrogen and oxygen atoms in total. The van der Waals surface area contributed by atoms with Crippen molar-refractivity contribution in [3.8, 4) is 6.07 Å². The average Bonchev–Trinajstić information content (AvgIpc) is 2.99. The van der Waals surface area contributed by atoms with Crippen molar-refractivity contribution in [3.05, 3.63) is 34.9 Å². The Hall–Kier alpha value is -2.17. The number of nitrogens with one attached hydrogen (secondary N) is 2. The van der Waals surface area contributed by atoms with Gasteiger partial charge >= 0.3 is 0 Å². The van der Waals surface area contributed by atoms with Crippen molar-refractivity contribution >= 4 is 23.4 Å². The summed E-state index contributed by atoms with van der Waals surface area (Å²) >= 11 is 6.00. The number of halogens is 2. The summed E-state index contributed by atoms with van der Waals surface area (Å²) in [7, 11) is 0. The Morgan fingerprint density at radius 2 is 2.12 bits per heavy atom. The number of hydrogen-bond acceptors (Lipinski definition) is 4. The van der Waals surface area contributed by atoms with Crippen molar-refractivity contribution in [3.63, 3.8) is 0 Å². The first kappa shape index (κ1) is 20.1. The molecule has 140 valence electrons. The molecule has 1 saturated heterocycles. The van der Waals surface area contributed by atoms with Crippen LogP contribution in [0.3, 0.4) is 0 Å². The Balaban J connectivity index is 1.85. The lowest BCUT2D eigenvalue weighted by molar-refractivity contribution is -0.130. The maximum Gasteiger partial charge on any atom is 0.252 e. The highest BCUT2D eigenvalue weighted by molar-refractivity contribution is 6.33. The molecule has 2 atom stereocenters. The van der Waals surface area contributed by atoms with Crippen LogP contribution in [0.15, 0.2) is 24.3 Å². The van der Waals surface area contributed by atoms with Crippen LogP contribution in [0, 0.1) is 11.3 Å². The molecule has 0 unspecified atom stereocenters. The Kier molecular flexibility index (Phi) is 6.57. The second-order valence-electron chi connectivity index (χ2n) is 6.92. The molecule has 1 heterocycles. The van der Waals surface area contributed by atoms with Crippen LogP contribution in [0.1, 0.15) is 30.6 Å². The van der Waals surface area contributed by atoms with Crippen LogP contribution in [0.5, 0.6) is 0 Å². The minimum atomic E-state index is -1.16. The van der Waals surface area contributed by atoms with E-state index >= 15 is 0 Å². The molecule has 26 heavy (non-hydrogen) atoms. The maximum absolute atomic E-state index is 13.4. The van der Waals surface area contributed by atoms with E-state index in [0.717, 1.165) is 0 Å². The molecule has 0 radical (unpaired) electrons. The summed E-state index contributed by atoms with van der Waals surface area (Å²) in [6, 6.07) is 7.97. The summed E-state index contributed by atoms with van der Waals surface area (Å²) in [5, 5.41) is 15.2. The molecule has 1 aliphatic rings. The van der Waals surface area contributed by atoms with Crippen LogP contribution >= 0.6 is 11.6 Å². The van der Waals surface area contributed by atoms with Gasteiger partial charge in [-0.15, -0.1) is 0 Å². The molecule has 0 spiro atoms. The van der Waals surface area contributed by atoms with E-state index in [9.17, 15) is 14.0 Å². The fourth-order valence-corrected chi connectivity index (χ4v) is 2.93. The Bertz CT molecular complexity index is 719. The third kappa shape index (κ3) is 5.16. The predicted molar refractivity (Wildman–Crippen MR) is 96.5 cm³/mol. The predicted octanol–water partition coefficient (Wildman–Crippen LogP) is 1.90. The Labute approximate surface area is 157 Å². The van der Waals surface area contributed by atoms with E-state index in [1.807, 2.05) is 19.9 Å². The van der Waals surface area contributed by atoms with Crippen LogP contribution in [0.25, 0.3) is 0 Å². The van der Waals surface area contributed by atoms with Crippen molar-refractivity contribution in [2.24, 2.45) is 0 Å². The molecule has 1 aromatic carbocycles. The van der Waals surface area contributed by atoms with Crippen LogP contribution < -0.4 is 10.6 Å². The summed E-state index contributed by atoms with van der Waals surface area (Å²) in [6.45, 7) is 3.83. The van der Waals surface area contributed by atoms with Gasteiger partial charge in [-0.2, -0.15) is 5.26 Å². The molecule has 0 saturated carbocycles. The fourth-order valence-electron chi connectivity index (χ4n) is 2.70. The highest BCUT2D eigenvalue weighted by Gasteiger charge is 2.35. The van der Waals surface area contributed by atoms with Crippen molar-refractivity contribution in [2.75, 3.05) is 19.6 Å². The van der Waals surface area contributed by atoms with Crippen LogP contribution in [0.4, 0.5) is 4.39 Å². The number of likely N-dealkylation sites (tertiary alicyclic amines) is 1. The highest BCUT2D eigenvalue weighted by atomic mass is 35.5. The van der Waals surface area contributed by atoms with Gasteiger partial charge in [-0.3, -0.25) is 9.59 Å². The van der Waals surface area contributed by atoms with Gasteiger partial charge in [0, 0.05) is 18.5 Å². The lowest BCUT2D eigenvalue weighted by Gasteiger charge is -2.28. The molecule has 2 rings (SSSR count). The van der Waals surface area contributed by atoms with Gasteiger partial charge in [0.1, 0.15) is 12.2 Å².